The summed E-state index contributed by atoms with van der Waals surface area (Å²) in [6.45, 7) is 1.23. The fraction of sp³-hybridized carbons (Fsp3) is 0.214. The summed E-state index contributed by atoms with van der Waals surface area (Å²) in [5.74, 6) is -0.400. The average Bonchev–Trinajstić information content (AvgIpc) is 2.82. The predicted octanol–water partition coefficient (Wildman–Crippen LogP) is 3.06. The molecule has 0 unspecified atom stereocenters. The SMILES string of the molecule is O=C(CNCc1ccc(Br)s1)NCc1cccc(F)c1. The Balaban J connectivity index is 1.68. The normalized spacial score (nSPS) is 10.5. The van der Waals surface area contributed by atoms with Crippen LogP contribution in [-0.4, -0.2) is 12.5 Å². The summed E-state index contributed by atoms with van der Waals surface area (Å²) in [6, 6.07) is 10.2. The standard InChI is InChI=1S/C14H14BrFN2OS/c15-13-5-4-12(20-13)8-17-9-14(19)18-7-10-2-1-3-11(16)6-10/h1-6,17H,7-9H2,(H,18,19). The highest BCUT2D eigenvalue weighted by atomic mass is 79.9. The lowest BCUT2D eigenvalue weighted by Crippen LogP contribution is -2.33. The van der Waals surface area contributed by atoms with Gasteiger partial charge in [0.15, 0.2) is 0 Å². The van der Waals surface area contributed by atoms with Crippen LogP contribution in [-0.2, 0) is 17.9 Å². The van der Waals surface area contributed by atoms with Crippen LogP contribution in [0.2, 0.25) is 0 Å². The van der Waals surface area contributed by atoms with E-state index in [1.165, 1.54) is 12.1 Å². The van der Waals surface area contributed by atoms with E-state index < -0.39 is 0 Å². The highest BCUT2D eigenvalue weighted by molar-refractivity contribution is 9.11. The van der Waals surface area contributed by atoms with Crippen molar-refractivity contribution >= 4 is 33.2 Å². The Bertz CT molecular complexity index is 588. The molecule has 0 fully saturated rings. The second-order valence-electron chi connectivity index (χ2n) is 4.22. The zero-order chi connectivity index (χ0) is 14.4. The van der Waals surface area contributed by atoms with Gasteiger partial charge in [0.2, 0.25) is 5.91 Å². The van der Waals surface area contributed by atoms with Crippen molar-refractivity contribution in [2.45, 2.75) is 13.1 Å². The van der Waals surface area contributed by atoms with Crippen LogP contribution < -0.4 is 10.6 Å². The highest BCUT2D eigenvalue weighted by Crippen LogP contribution is 2.21. The first-order valence-corrected chi connectivity index (χ1v) is 7.70. The minimum Gasteiger partial charge on any atom is -0.351 e. The number of amides is 1. The molecule has 1 amide bonds. The molecule has 0 bridgehead atoms. The molecular formula is C14H14BrFN2OS. The van der Waals surface area contributed by atoms with Crippen LogP contribution in [0.1, 0.15) is 10.4 Å². The Morgan fingerprint density at radius 3 is 2.80 bits per heavy atom. The molecule has 0 saturated carbocycles. The van der Waals surface area contributed by atoms with Gasteiger partial charge >= 0.3 is 0 Å². The van der Waals surface area contributed by atoms with Crippen molar-refractivity contribution in [3.63, 3.8) is 0 Å². The van der Waals surface area contributed by atoms with Crippen molar-refractivity contribution in [3.8, 4) is 0 Å². The number of halogens is 2. The molecule has 3 nitrogen and oxygen atoms in total. The van der Waals surface area contributed by atoms with Gasteiger partial charge in [0.25, 0.3) is 0 Å². The van der Waals surface area contributed by atoms with Gasteiger partial charge in [0, 0.05) is 18.0 Å². The lowest BCUT2D eigenvalue weighted by Gasteiger charge is -2.06. The molecule has 0 radical (unpaired) electrons. The molecule has 0 spiro atoms. The van der Waals surface area contributed by atoms with E-state index in [9.17, 15) is 9.18 Å². The first-order valence-electron chi connectivity index (χ1n) is 6.09. The molecule has 1 aromatic carbocycles. The summed E-state index contributed by atoms with van der Waals surface area (Å²) < 4.78 is 14.0. The molecule has 6 heteroatoms. The fourth-order valence-electron chi connectivity index (χ4n) is 1.66. The molecule has 106 valence electrons. The topological polar surface area (TPSA) is 41.1 Å². The summed E-state index contributed by atoms with van der Waals surface area (Å²) in [5, 5.41) is 5.81. The monoisotopic (exact) mass is 356 g/mol. The maximum Gasteiger partial charge on any atom is 0.234 e. The van der Waals surface area contributed by atoms with E-state index in [4.69, 9.17) is 0 Å². The number of carbonyl (C=O) groups is 1. The summed E-state index contributed by atoms with van der Waals surface area (Å²) in [7, 11) is 0. The van der Waals surface area contributed by atoms with Gasteiger partial charge < -0.3 is 10.6 Å². The third-order valence-corrected chi connectivity index (χ3v) is 4.22. The molecule has 0 aliphatic heterocycles. The van der Waals surface area contributed by atoms with E-state index in [0.29, 0.717) is 13.1 Å². The Kier molecular flexibility index (Phi) is 5.70. The summed E-state index contributed by atoms with van der Waals surface area (Å²) >= 11 is 5.02. The number of thiophene rings is 1. The second kappa shape index (κ2) is 7.52. The number of benzene rings is 1. The molecule has 1 heterocycles. The predicted molar refractivity (Wildman–Crippen MR) is 82.0 cm³/mol. The Morgan fingerprint density at radius 2 is 2.10 bits per heavy atom. The molecule has 0 aliphatic carbocycles. The van der Waals surface area contributed by atoms with Gasteiger partial charge in [0.05, 0.1) is 10.3 Å². The average molecular weight is 357 g/mol. The van der Waals surface area contributed by atoms with Gasteiger partial charge in [-0.05, 0) is 45.8 Å². The number of nitrogens with one attached hydrogen (secondary N) is 2. The number of hydrogen-bond acceptors (Lipinski definition) is 3. The molecule has 2 aromatic rings. The number of rotatable bonds is 6. The first kappa shape index (κ1) is 15.2. The summed E-state index contributed by atoms with van der Waals surface area (Å²) in [4.78, 5) is 12.8. The van der Waals surface area contributed by atoms with Crippen LogP contribution in [0.5, 0.6) is 0 Å². The third kappa shape index (κ3) is 5.03. The zero-order valence-electron chi connectivity index (χ0n) is 10.7. The fourth-order valence-corrected chi connectivity index (χ4v) is 3.11. The second-order valence-corrected chi connectivity index (χ2v) is 6.76. The van der Waals surface area contributed by atoms with Gasteiger partial charge in [-0.25, -0.2) is 4.39 Å². The van der Waals surface area contributed by atoms with Crippen molar-refractivity contribution in [1.82, 2.24) is 10.6 Å². The molecule has 0 saturated heterocycles. The largest absolute Gasteiger partial charge is 0.351 e. The van der Waals surface area contributed by atoms with E-state index in [1.807, 2.05) is 12.1 Å². The van der Waals surface area contributed by atoms with Gasteiger partial charge in [-0.1, -0.05) is 12.1 Å². The van der Waals surface area contributed by atoms with Crippen molar-refractivity contribution in [3.05, 3.63) is 56.4 Å². The van der Waals surface area contributed by atoms with E-state index >= 15 is 0 Å². The van der Waals surface area contributed by atoms with E-state index in [2.05, 4.69) is 26.6 Å². The van der Waals surface area contributed by atoms with Crippen molar-refractivity contribution < 1.29 is 9.18 Å². The minimum atomic E-state index is -0.293. The maximum absolute atomic E-state index is 13.0. The first-order chi connectivity index (χ1) is 9.63. The zero-order valence-corrected chi connectivity index (χ0v) is 13.1. The molecule has 0 atom stereocenters. The van der Waals surface area contributed by atoms with E-state index in [-0.39, 0.29) is 18.3 Å². The Labute approximate surface area is 129 Å². The molecule has 20 heavy (non-hydrogen) atoms. The quantitative estimate of drug-likeness (QED) is 0.834. The van der Waals surface area contributed by atoms with Crippen molar-refractivity contribution in [2.75, 3.05) is 6.54 Å². The van der Waals surface area contributed by atoms with Crippen LogP contribution in [0.15, 0.2) is 40.2 Å². The highest BCUT2D eigenvalue weighted by Gasteiger charge is 2.03. The third-order valence-electron chi connectivity index (χ3n) is 2.59. The maximum atomic E-state index is 13.0. The summed E-state index contributed by atoms with van der Waals surface area (Å²) in [5.41, 5.74) is 0.750. The lowest BCUT2D eigenvalue weighted by atomic mass is 10.2. The molecule has 2 N–H and O–H groups in total. The number of hydrogen-bond donors (Lipinski definition) is 2. The molecule has 2 rings (SSSR count). The van der Waals surface area contributed by atoms with Crippen LogP contribution in [0.25, 0.3) is 0 Å². The van der Waals surface area contributed by atoms with Crippen molar-refractivity contribution in [1.29, 1.82) is 0 Å². The Hall–Kier alpha value is -1.24. The van der Waals surface area contributed by atoms with Crippen LogP contribution in [0, 0.1) is 5.82 Å². The van der Waals surface area contributed by atoms with E-state index in [1.54, 1.807) is 23.5 Å². The van der Waals surface area contributed by atoms with E-state index in [0.717, 1.165) is 14.2 Å². The summed E-state index contributed by atoms with van der Waals surface area (Å²) in [6.07, 6.45) is 0. The van der Waals surface area contributed by atoms with Gasteiger partial charge in [-0.3, -0.25) is 4.79 Å². The van der Waals surface area contributed by atoms with Gasteiger partial charge in [0.1, 0.15) is 5.82 Å². The molecular weight excluding hydrogens is 343 g/mol. The van der Waals surface area contributed by atoms with Crippen LogP contribution in [0.3, 0.4) is 0 Å². The lowest BCUT2D eigenvalue weighted by molar-refractivity contribution is -0.120. The minimum absolute atomic E-state index is 0.107. The number of carbonyl (C=O) groups excluding carboxylic acids is 1. The van der Waals surface area contributed by atoms with Gasteiger partial charge in [-0.2, -0.15) is 0 Å². The molecule has 0 aliphatic rings. The van der Waals surface area contributed by atoms with Crippen LogP contribution in [0.4, 0.5) is 4.39 Å². The smallest absolute Gasteiger partial charge is 0.234 e. The van der Waals surface area contributed by atoms with Crippen LogP contribution >= 0.6 is 27.3 Å². The molecule has 1 aromatic heterocycles. The van der Waals surface area contributed by atoms with Crippen molar-refractivity contribution in [2.24, 2.45) is 0 Å². The Morgan fingerprint density at radius 1 is 1.25 bits per heavy atom. The van der Waals surface area contributed by atoms with Gasteiger partial charge in [-0.15, -0.1) is 11.3 Å².